The van der Waals surface area contributed by atoms with Crippen molar-refractivity contribution in [1.29, 1.82) is 0 Å². The second-order valence-corrected chi connectivity index (χ2v) is 14.5. The van der Waals surface area contributed by atoms with E-state index in [2.05, 4.69) is 222 Å². The summed E-state index contributed by atoms with van der Waals surface area (Å²) in [6.45, 7) is 0. The molecular weight excluding hydrogens is 693 g/mol. The SMILES string of the molecule is c1ccc(-c2ccc(N(c3ccc(-c4ccccc4)cc3)c3ccc(-n4c5ccccc5c5ccccc54)c(-c4cccc5c4oc4ccccc45)c3)cc2)cc1. The zero-order valence-corrected chi connectivity index (χ0v) is 31.1. The van der Waals surface area contributed by atoms with Crippen LogP contribution in [0.15, 0.2) is 223 Å². The van der Waals surface area contributed by atoms with E-state index in [1.807, 2.05) is 6.07 Å². The Kier molecular flexibility index (Phi) is 7.82. The molecule has 0 spiro atoms. The summed E-state index contributed by atoms with van der Waals surface area (Å²) >= 11 is 0. The first-order valence-electron chi connectivity index (χ1n) is 19.4. The van der Waals surface area contributed by atoms with Crippen LogP contribution in [0.2, 0.25) is 0 Å². The summed E-state index contributed by atoms with van der Waals surface area (Å²) in [4.78, 5) is 2.36. The van der Waals surface area contributed by atoms with Crippen molar-refractivity contribution in [3.63, 3.8) is 0 Å². The van der Waals surface area contributed by atoms with Crippen molar-refractivity contribution >= 4 is 60.8 Å². The van der Waals surface area contributed by atoms with E-state index in [0.29, 0.717) is 0 Å². The lowest BCUT2D eigenvalue weighted by Gasteiger charge is -2.27. The number of benzene rings is 9. The number of furan rings is 1. The molecule has 11 rings (SSSR count). The van der Waals surface area contributed by atoms with Crippen LogP contribution in [0.25, 0.3) is 82.8 Å². The van der Waals surface area contributed by atoms with E-state index in [0.717, 1.165) is 66.8 Å². The van der Waals surface area contributed by atoms with Gasteiger partial charge in [-0.25, -0.2) is 0 Å². The first kappa shape index (κ1) is 32.8. The minimum absolute atomic E-state index is 0.879. The van der Waals surface area contributed by atoms with E-state index in [-0.39, 0.29) is 0 Å². The quantitative estimate of drug-likeness (QED) is 0.163. The molecule has 0 saturated carbocycles. The predicted octanol–water partition coefficient (Wildman–Crippen LogP) is 15.2. The number of nitrogens with zero attached hydrogens (tertiary/aromatic N) is 2. The Bertz CT molecular complexity index is 3080. The van der Waals surface area contributed by atoms with Crippen molar-refractivity contribution in [2.75, 3.05) is 4.90 Å². The van der Waals surface area contributed by atoms with E-state index in [1.54, 1.807) is 0 Å². The maximum Gasteiger partial charge on any atom is 0.143 e. The topological polar surface area (TPSA) is 21.3 Å². The molecule has 0 amide bonds. The number of rotatable bonds is 7. The monoisotopic (exact) mass is 728 g/mol. The molecule has 0 saturated heterocycles. The maximum absolute atomic E-state index is 6.74. The van der Waals surface area contributed by atoms with Gasteiger partial charge in [-0.3, -0.25) is 0 Å². The summed E-state index contributed by atoms with van der Waals surface area (Å²) in [5.41, 5.74) is 15.2. The van der Waals surface area contributed by atoms with Crippen molar-refractivity contribution in [3.05, 3.63) is 218 Å². The zero-order valence-electron chi connectivity index (χ0n) is 31.1. The van der Waals surface area contributed by atoms with Crippen LogP contribution in [0.4, 0.5) is 17.1 Å². The minimum atomic E-state index is 0.879. The lowest BCUT2D eigenvalue weighted by Crippen LogP contribution is -2.11. The summed E-state index contributed by atoms with van der Waals surface area (Å²) in [6.07, 6.45) is 0. The van der Waals surface area contributed by atoms with Gasteiger partial charge in [0, 0.05) is 49.7 Å². The van der Waals surface area contributed by atoms with Gasteiger partial charge in [-0.1, -0.05) is 158 Å². The van der Waals surface area contributed by atoms with Crippen LogP contribution in [0.5, 0.6) is 0 Å². The van der Waals surface area contributed by atoms with E-state index in [1.165, 1.54) is 33.0 Å². The number of anilines is 3. The van der Waals surface area contributed by atoms with Crippen molar-refractivity contribution in [3.8, 4) is 39.1 Å². The fourth-order valence-electron chi connectivity index (χ4n) is 8.53. The molecule has 0 aliphatic carbocycles. The van der Waals surface area contributed by atoms with Crippen LogP contribution >= 0.6 is 0 Å². The van der Waals surface area contributed by atoms with Crippen LogP contribution in [0, 0.1) is 0 Å². The highest BCUT2D eigenvalue weighted by Crippen LogP contribution is 2.45. The van der Waals surface area contributed by atoms with E-state index >= 15 is 0 Å². The van der Waals surface area contributed by atoms with Gasteiger partial charge >= 0.3 is 0 Å². The molecule has 11 aromatic rings. The summed E-state index contributed by atoms with van der Waals surface area (Å²) in [6, 6.07) is 78.1. The lowest BCUT2D eigenvalue weighted by atomic mass is 9.98. The summed E-state index contributed by atoms with van der Waals surface area (Å²) in [5.74, 6) is 0. The highest BCUT2D eigenvalue weighted by Gasteiger charge is 2.22. The number of aromatic nitrogens is 1. The molecule has 3 heteroatoms. The van der Waals surface area contributed by atoms with Gasteiger partial charge in [-0.05, 0) is 82.9 Å². The first-order valence-corrected chi connectivity index (χ1v) is 19.4. The largest absolute Gasteiger partial charge is 0.455 e. The Morgan fingerprint density at radius 1 is 0.333 bits per heavy atom. The maximum atomic E-state index is 6.74. The molecule has 3 nitrogen and oxygen atoms in total. The zero-order chi connectivity index (χ0) is 37.7. The van der Waals surface area contributed by atoms with Crippen molar-refractivity contribution in [2.45, 2.75) is 0 Å². The van der Waals surface area contributed by atoms with Crippen LogP contribution in [0.1, 0.15) is 0 Å². The molecule has 2 heterocycles. The summed E-state index contributed by atoms with van der Waals surface area (Å²) in [7, 11) is 0. The Morgan fingerprint density at radius 3 is 1.40 bits per heavy atom. The number of hydrogen-bond acceptors (Lipinski definition) is 2. The normalized spacial score (nSPS) is 11.5. The molecule has 0 fully saturated rings. The molecule has 0 unspecified atom stereocenters. The molecule has 0 radical (unpaired) electrons. The van der Waals surface area contributed by atoms with Gasteiger partial charge in [-0.2, -0.15) is 0 Å². The molecule has 0 atom stereocenters. The van der Waals surface area contributed by atoms with Gasteiger partial charge in [0.1, 0.15) is 11.2 Å². The van der Waals surface area contributed by atoms with Crippen LogP contribution < -0.4 is 4.90 Å². The van der Waals surface area contributed by atoms with Gasteiger partial charge in [0.25, 0.3) is 0 Å². The highest BCUT2D eigenvalue weighted by atomic mass is 16.3. The molecular formula is C54H36N2O. The van der Waals surface area contributed by atoms with Crippen molar-refractivity contribution in [2.24, 2.45) is 0 Å². The third-order valence-corrected chi connectivity index (χ3v) is 11.2. The third-order valence-electron chi connectivity index (χ3n) is 11.2. The second-order valence-electron chi connectivity index (χ2n) is 14.5. The van der Waals surface area contributed by atoms with Gasteiger partial charge in [0.15, 0.2) is 0 Å². The van der Waals surface area contributed by atoms with Gasteiger partial charge in [0.05, 0.1) is 16.7 Å². The number of hydrogen-bond donors (Lipinski definition) is 0. The Labute approximate surface area is 330 Å². The average Bonchev–Trinajstić information content (AvgIpc) is 3.84. The van der Waals surface area contributed by atoms with Crippen LogP contribution in [0.3, 0.4) is 0 Å². The number of para-hydroxylation sites is 4. The first-order chi connectivity index (χ1) is 28.3. The molecule has 2 aromatic heterocycles. The van der Waals surface area contributed by atoms with E-state index < -0.39 is 0 Å². The van der Waals surface area contributed by atoms with Crippen molar-refractivity contribution < 1.29 is 4.42 Å². The minimum Gasteiger partial charge on any atom is -0.455 e. The van der Waals surface area contributed by atoms with E-state index in [9.17, 15) is 0 Å². The molecule has 9 aromatic carbocycles. The predicted molar refractivity (Wildman–Crippen MR) is 239 cm³/mol. The summed E-state index contributed by atoms with van der Waals surface area (Å²) < 4.78 is 9.16. The lowest BCUT2D eigenvalue weighted by molar-refractivity contribution is 0.670. The smallest absolute Gasteiger partial charge is 0.143 e. The highest BCUT2D eigenvalue weighted by molar-refractivity contribution is 6.12. The second kappa shape index (κ2) is 13.6. The molecule has 268 valence electrons. The molecule has 0 N–H and O–H groups in total. The molecule has 0 aliphatic rings. The third kappa shape index (κ3) is 5.60. The standard InChI is InChI=1S/C54H36N2O/c1-3-14-37(15-4-1)39-26-30-41(31-27-39)55(42-32-28-40(29-33-42)38-16-5-2-6-17-38)43-34-35-52(56-50-23-10-7-18-44(50)45-19-8-11-24-51(45)56)49(36-43)48-22-13-21-47-46-20-9-12-25-53(46)57-54(47)48/h1-36H. The van der Waals surface area contributed by atoms with Gasteiger partial charge in [0.2, 0.25) is 0 Å². The average molecular weight is 729 g/mol. The molecule has 0 bridgehead atoms. The van der Waals surface area contributed by atoms with E-state index in [4.69, 9.17) is 4.42 Å². The Balaban J connectivity index is 1.16. The fraction of sp³-hybridized carbons (Fsp3) is 0. The Hall–Kier alpha value is -7.62. The van der Waals surface area contributed by atoms with Crippen LogP contribution in [-0.2, 0) is 0 Å². The molecule has 0 aliphatic heterocycles. The fourth-order valence-corrected chi connectivity index (χ4v) is 8.53. The molecule has 57 heavy (non-hydrogen) atoms. The summed E-state index contributed by atoms with van der Waals surface area (Å²) in [5, 5.41) is 4.67. The van der Waals surface area contributed by atoms with Crippen molar-refractivity contribution in [1.82, 2.24) is 4.57 Å². The number of fused-ring (bicyclic) bond motifs is 6. The van der Waals surface area contributed by atoms with Gasteiger partial charge in [-0.15, -0.1) is 0 Å². The van der Waals surface area contributed by atoms with Crippen LogP contribution in [-0.4, -0.2) is 4.57 Å². The Morgan fingerprint density at radius 2 is 0.807 bits per heavy atom. The van der Waals surface area contributed by atoms with Gasteiger partial charge < -0.3 is 13.9 Å².